The van der Waals surface area contributed by atoms with Crippen LogP contribution in [0.15, 0.2) is 23.2 Å². The summed E-state index contributed by atoms with van der Waals surface area (Å²) in [5.74, 6) is 5.08. The van der Waals surface area contributed by atoms with Gasteiger partial charge in [-0.3, -0.25) is 4.99 Å². The van der Waals surface area contributed by atoms with Crippen molar-refractivity contribution in [3.05, 3.63) is 34.6 Å². The lowest BCUT2D eigenvalue weighted by molar-refractivity contribution is 0.624. The first-order valence-electron chi connectivity index (χ1n) is 4.66. The van der Waals surface area contributed by atoms with Crippen molar-refractivity contribution in [2.24, 2.45) is 10.8 Å². The highest BCUT2D eigenvalue weighted by molar-refractivity contribution is 6.31. The van der Waals surface area contributed by atoms with Crippen molar-refractivity contribution in [1.82, 2.24) is 5.43 Å². The van der Waals surface area contributed by atoms with Crippen LogP contribution in [0.3, 0.4) is 0 Å². The molecule has 0 aromatic heterocycles. The van der Waals surface area contributed by atoms with Crippen molar-refractivity contribution < 1.29 is 4.39 Å². The Kier molecular flexibility index (Phi) is 4.52. The summed E-state index contributed by atoms with van der Waals surface area (Å²) in [4.78, 5) is 4.11. The molecule has 0 aliphatic heterocycles. The molecule has 0 radical (unpaired) electrons. The maximum Gasteiger partial charge on any atom is 0.152 e. The van der Waals surface area contributed by atoms with Crippen LogP contribution >= 0.6 is 11.6 Å². The highest BCUT2D eigenvalue weighted by Crippen LogP contribution is 2.17. The van der Waals surface area contributed by atoms with Gasteiger partial charge in [-0.15, -0.1) is 0 Å². The number of hydrogen-bond acceptors (Lipinski definition) is 2. The number of hydrazine groups is 1. The van der Waals surface area contributed by atoms with Crippen molar-refractivity contribution >= 4 is 17.4 Å². The zero-order valence-corrected chi connectivity index (χ0v) is 9.18. The SMILES string of the molecule is CCCN=C(NN)c1cccc(Cl)c1F. The smallest absolute Gasteiger partial charge is 0.152 e. The van der Waals surface area contributed by atoms with Crippen LogP contribution in [0.25, 0.3) is 0 Å². The van der Waals surface area contributed by atoms with Crippen LogP contribution in [0, 0.1) is 5.82 Å². The molecule has 1 aromatic carbocycles. The molecule has 3 nitrogen and oxygen atoms in total. The molecule has 0 bridgehead atoms. The van der Waals surface area contributed by atoms with E-state index in [1.165, 1.54) is 6.07 Å². The summed E-state index contributed by atoms with van der Waals surface area (Å²) in [6, 6.07) is 4.71. The number of halogens is 2. The summed E-state index contributed by atoms with van der Waals surface area (Å²) in [5, 5.41) is 0.0620. The molecule has 15 heavy (non-hydrogen) atoms. The average Bonchev–Trinajstić information content (AvgIpc) is 2.25. The van der Waals surface area contributed by atoms with E-state index >= 15 is 0 Å². The molecule has 1 aromatic rings. The third-order valence-corrected chi connectivity index (χ3v) is 2.13. The molecule has 3 N–H and O–H groups in total. The molecule has 0 unspecified atom stereocenters. The number of rotatable bonds is 3. The highest BCUT2D eigenvalue weighted by atomic mass is 35.5. The minimum absolute atomic E-state index is 0.0620. The summed E-state index contributed by atoms with van der Waals surface area (Å²) in [6.07, 6.45) is 0.868. The predicted octanol–water partition coefficient (Wildman–Crippen LogP) is 2.10. The number of aliphatic imine (C=N–C) groups is 1. The molecule has 0 fully saturated rings. The van der Waals surface area contributed by atoms with Gasteiger partial charge in [-0.2, -0.15) is 0 Å². The largest absolute Gasteiger partial charge is 0.308 e. The van der Waals surface area contributed by atoms with E-state index < -0.39 is 5.82 Å². The fourth-order valence-corrected chi connectivity index (χ4v) is 1.29. The van der Waals surface area contributed by atoms with E-state index in [0.29, 0.717) is 17.9 Å². The van der Waals surface area contributed by atoms with Crippen LogP contribution in [-0.4, -0.2) is 12.4 Å². The van der Waals surface area contributed by atoms with Crippen LogP contribution in [0.5, 0.6) is 0 Å². The van der Waals surface area contributed by atoms with Crippen LogP contribution in [0.4, 0.5) is 4.39 Å². The fourth-order valence-electron chi connectivity index (χ4n) is 1.12. The third-order valence-electron chi connectivity index (χ3n) is 1.84. The van der Waals surface area contributed by atoms with Crippen LogP contribution in [0.1, 0.15) is 18.9 Å². The predicted molar refractivity (Wildman–Crippen MR) is 60.4 cm³/mol. The topological polar surface area (TPSA) is 50.4 Å². The second-order valence-corrected chi connectivity index (χ2v) is 3.38. The maximum atomic E-state index is 13.6. The van der Waals surface area contributed by atoms with Gasteiger partial charge in [0.05, 0.1) is 10.6 Å². The van der Waals surface area contributed by atoms with Gasteiger partial charge in [-0.25, -0.2) is 10.2 Å². The Balaban J connectivity index is 3.07. The molecule has 0 saturated carbocycles. The fraction of sp³-hybridized carbons (Fsp3) is 0.300. The van der Waals surface area contributed by atoms with Crippen molar-refractivity contribution in [2.45, 2.75) is 13.3 Å². The third kappa shape index (κ3) is 2.91. The van der Waals surface area contributed by atoms with Gasteiger partial charge < -0.3 is 5.43 Å². The van der Waals surface area contributed by atoms with Crippen LogP contribution in [-0.2, 0) is 0 Å². The molecule has 0 aliphatic carbocycles. The maximum absolute atomic E-state index is 13.6. The number of amidine groups is 1. The zero-order valence-electron chi connectivity index (χ0n) is 8.43. The lowest BCUT2D eigenvalue weighted by Crippen LogP contribution is -2.32. The minimum atomic E-state index is -0.507. The van der Waals surface area contributed by atoms with Gasteiger partial charge in [0.15, 0.2) is 5.82 Å². The molecule has 0 aliphatic rings. The Labute approximate surface area is 93.1 Å². The molecule has 1 rings (SSSR count). The van der Waals surface area contributed by atoms with E-state index in [2.05, 4.69) is 10.4 Å². The number of benzene rings is 1. The molecule has 0 saturated heterocycles. The molecular formula is C10H13ClFN3. The molecule has 0 amide bonds. The van der Waals surface area contributed by atoms with Crippen molar-refractivity contribution in [2.75, 3.05) is 6.54 Å². The van der Waals surface area contributed by atoms with Gasteiger partial charge in [0.1, 0.15) is 5.84 Å². The summed E-state index contributed by atoms with van der Waals surface area (Å²) in [7, 11) is 0. The van der Waals surface area contributed by atoms with Crippen molar-refractivity contribution in [3.63, 3.8) is 0 Å². The Morgan fingerprint density at radius 1 is 1.60 bits per heavy atom. The van der Waals surface area contributed by atoms with E-state index in [4.69, 9.17) is 17.4 Å². The van der Waals surface area contributed by atoms with E-state index in [9.17, 15) is 4.39 Å². The monoisotopic (exact) mass is 229 g/mol. The molecule has 5 heteroatoms. The lowest BCUT2D eigenvalue weighted by Gasteiger charge is -2.07. The summed E-state index contributed by atoms with van der Waals surface area (Å²) in [6.45, 7) is 2.57. The standard InChI is InChI=1S/C10H13ClFN3/c1-2-6-14-10(15-13)7-4-3-5-8(11)9(7)12/h3-5H,2,6,13H2,1H3,(H,14,15). The highest BCUT2D eigenvalue weighted by Gasteiger charge is 2.10. The number of nitrogens with two attached hydrogens (primary N) is 1. The average molecular weight is 230 g/mol. The molecular weight excluding hydrogens is 217 g/mol. The molecule has 0 heterocycles. The zero-order chi connectivity index (χ0) is 11.3. The molecule has 82 valence electrons. The van der Waals surface area contributed by atoms with Crippen molar-refractivity contribution in [3.8, 4) is 0 Å². The second kappa shape index (κ2) is 5.68. The van der Waals surface area contributed by atoms with Gasteiger partial charge in [0.25, 0.3) is 0 Å². The molecule has 0 spiro atoms. The van der Waals surface area contributed by atoms with E-state index in [-0.39, 0.29) is 5.02 Å². The second-order valence-electron chi connectivity index (χ2n) is 2.98. The van der Waals surface area contributed by atoms with Gasteiger partial charge in [-0.1, -0.05) is 24.6 Å². The summed E-state index contributed by atoms with van der Waals surface area (Å²) < 4.78 is 13.6. The Morgan fingerprint density at radius 3 is 2.93 bits per heavy atom. The van der Waals surface area contributed by atoms with Gasteiger partial charge in [0.2, 0.25) is 0 Å². The Bertz CT molecular complexity index is 366. The lowest BCUT2D eigenvalue weighted by atomic mass is 10.2. The van der Waals surface area contributed by atoms with Gasteiger partial charge in [-0.05, 0) is 18.6 Å². The van der Waals surface area contributed by atoms with Crippen molar-refractivity contribution in [1.29, 1.82) is 0 Å². The summed E-state index contributed by atoms with van der Waals surface area (Å²) >= 11 is 5.65. The Morgan fingerprint density at radius 2 is 2.33 bits per heavy atom. The number of nitrogens with zero attached hydrogens (tertiary/aromatic N) is 1. The normalized spacial score (nSPS) is 11.6. The van der Waals surface area contributed by atoms with Crippen LogP contribution < -0.4 is 11.3 Å². The van der Waals surface area contributed by atoms with E-state index in [1.54, 1.807) is 12.1 Å². The summed E-state index contributed by atoms with van der Waals surface area (Å²) in [5.41, 5.74) is 2.66. The quantitative estimate of drug-likeness (QED) is 0.361. The van der Waals surface area contributed by atoms with E-state index in [0.717, 1.165) is 6.42 Å². The van der Waals surface area contributed by atoms with E-state index in [1.807, 2.05) is 6.92 Å². The minimum Gasteiger partial charge on any atom is -0.308 e. The number of nitrogens with one attached hydrogen (secondary N) is 1. The van der Waals surface area contributed by atoms with Gasteiger partial charge >= 0.3 is 0 Å². The first kappa shape index (κ1) is 11.9. The number of hydrogen-bond donors (Lipinski definition) is 2. The Hall–Kier alpha value is -1.13. The van der Waals surface area contributed by atoms with Gasteiger partial charge in [0, 0.05) is 6.54 Å². The van der Waals surface area contributed by atoms with Crippen LogP contribution in [0.2, 0.25) is 5.02 Å². The first-order chi connectivity index (χ1) is 7.20. The molecule has 0 atom stereocenters. The first-order valence-corrected chi connectivity index (χ1v) is 5.04.